The number of carbonyl (C=O) groups is 2. The van der Waals surface area contributed by atoms with E-state index in [0.717, 1.165) is 22.5 Å². The zero-order valence-electron chi connectivity index (χ0n) is 17.1. The van der Waals surface area contributed by atoms with Crippen molar-refractivity contribution in [2.45, 2.75) is 44.7 Å². The van der Waals surface area contributed by atoms with Gasteiger partial charge in [0.15, 0.2) is 6.61 Å². The number of benzene rings is 1. The van der Waals surface area contributed by atoms with Gasteiger partial charge < -0.3 is 14.4 Å². The summed E-state index contributed by atoms with van der Waals surface area (Å²) in [5.74, 6) is -2.23. The molecule has 0 N–H and O–H groups in total. The van der Waals surface area contributed by atoms with Crippen LogP contribution in [0.3, 0.4) is 0 Å². The second-order valence-electron chi connectivity index (χ2n) is 7.23. The van der Waals surface area contributed by atoms with Gasteiger partial charge in [-0.1, -0.05) is 0 Å². The summed E-state index contributed by atoms with van der Waals surface area (Å²) in [7, 11) is -4.12. The van der Waals surface area contributed by atoms with Crippen molar-refractivity contribution >= 4 is 21.9 Å². The van der Waals surface area contributed by atoms with E-state index in [1.54, 1.807) is 4.90 Å². The van der Waals surface area contributed by atoms with Gasteiger partial charge in [0.1, 0.15) is 10.7 Å². The SMILES string of the molecule is CC(C)N(C(=O)COC(=O)c1ccc(F)c(S(=O)(=O)N2CCOCC2)c1)C(C)C. The monoisotopic (exact) mass is 430 g/mol. The van der Waals surface area contributed by atoms with Crippen molar-refractivity contribution in [1.29, 1.82) is 0 Å². The Hall–Kier alpha value is -2.04. The number of nitrogens with zero attached hydrogens (tertiary/aromatic N) is 2. The molecule has 0 bridgehead atoms. The molecule has 1 aliphatic rings. The lowest BCUT2D eigenvalue weighted by Crippen LogP contribution is -2.44. The van der Waals surface area contributed by atoms with Crippen molar-refractivity contribution in [2.24, 2.45) is 0 Å². The Morgan fingerprint density at radius 3 is 2.31 bits per heavy atom. The molecule has 10 heteroatoms. The Kier molecular flexibility index (Phi) is 7.73. The van der Waals surface area contributed by atoms with E-state index in [9.17, 15) is 22.4 Å². The van der Waals surface area contributed by atoms with Crippen LogP contribution in [-0.2, 0) is 24.3 Å². The predicted molar refractivity (Wildman–Crippen MR) is 103 cm³/mol. The maximum atomic E-state index is 14.2. The Bertz CT molecular complexity index is 842. The molecule has 0 unspecified atom stereocenters. The van der Waals surface area contributed by atoms with Crippen LogP contribution in [0.5, 0.6) is 0 Å². The highest BCUT2D eigenvalue weighted by atomic mass is 32.2. The van der Waals surface area contributed by atoms with Crippen molar-refractivity contribution in [3.8, 4) is 0 Å². The number of carbonyl (C=O) groups excluding carboxylic acids is 2. The fourth-order valence-corrected chi connectivity index (χ4v) is 4.71. The van der Waals surface area contributed by atoms with Gasteiger partial charge in [-0.05, 0) is 45.9 Å². The molecular weight excluding hydrogens is 403 g/mol. The fraction of sp³-hybridized carbons (Fsp3) is 0.579. The molecule has 0 radical (unpaired) electrons. The van der Waals surface area contributed by atoms with Crippen LogP contribution in [-0.4, -0.2) is 74.5 Å². The van der Waals surface area contributed by atoms with Gasteiger partial charge in [-0.3, -0.25) is 4.79 Å². The minimum absolute atomic E-state index is 0.0720. The number of sulfonamides is 1. The van der Waals surface area contributed by atoms with Gasteiger partial charge in [-0.2, -0.15) is 4.31 Å². The van der Waals surface area contributed by atoms with Crippen LogP contribution >= 0.6 is 0 Å². The lowest BCUT2D eigenvalue weighted by atomic mass is 10.2. The number of hydrogen-bond acceptors (Lipinski definition) is 6. The molecule has 0 atom stereocenters. The second kappa shape index (κ2) is 9.64. The van der Waals surface area contributed by atoms with Gasteiger partial charge >= 0.3 is 5.97 Å². The molecule has 1 saturated heterocycles. The third-order valence-electron chi connectivity index (χ3n) is 4.48. The van der Waals surface area contributed by atoms with Crippen LogP contribution in [0.2, 0.25) is 0 Å². The van der Waals surface area contributed by atoms with Crippen molar-refractivity contribution in [2.75, 3.05) is 32.9 Å². The van der Waals surface area contributed by atoms with E-state index in [1.807, 2.05) is 27.7 Å². The average Bonchev–Trinajstić information content (AvgIpc) is 2.66. The van der Waals surface area contributed by atoms with E-state index in [0.29, 0.717) is 0 Å². The standard InChI is InChI=1S/C19H27FN2O6S/c1-13(2)22(14(3)4)18(23)12-28-19(24)15-5-6-16(20)17(11-15)29(25,26)21-7-9-27-10-8-21/h5-6,11,13-14H,7-10,12H2,1-4H3. The van der Waals surface area contributed by atoms with Crippen LogP contribution in [0.1, 0.15) is 38.1 Å². The van der Waals surface area contributed by atoms with Crippen molar-refractivity contribution in [3.05, 3.63) is 29.6 Å². The highest BCUT2D eigenvalue weighted by Gasteiger charge is 2.30. The smallest absolute Gasteiger partial charge is 0.338 e. The van der Waals surface area contributed by atoms with E-state index in [4.69, 9.17) is 9.47 Å². The fourth-order valence-electron chi connectivity index (χ4n) is 3.21. The largest absolute Gasteiger partial charge is 0.452 e. The minimum atomic E-state index is -4.12. The van der Waals surface area contributed by atoms with Crippen LogP contribution < -0.4 is 0 Å². The molecule has 1 fully saturated rings. The third kappa shape index (κ3) is 5.52. The molecule has 0 aliphatic carbocycles. The van der Waals surface area contributed by atoms with Crippen molar-refractivity contribution < 1.29 is 31.9 Å². The second-order valence-corrected chi connectivity index (χ2v) is 9.13. The van der Waals surface area contributed by atoms with Gasteiger partial charge in [0.2, 0.25) is 10.0 Å². The molecule has 1 aromatic rings. The van der Waals surface area contributed by atoms with Gasteiger partial charge in [0, 0.05) is 25.2 Å². The Morgan fingerprint density at radius 1 is 1.17 bits per heavy atom. The molecular formula is C19H27FN2O6S. The zero-order valence-corrected chi connectivity index (χ0v) is 17.9. The number of morpholine rings is 1. The number of amides is 1. The first-order chi connectivity index (χ1) is 13.6. The molecule has 1 aromatic carbocycles. The summed E-state index contributed by atoms with van der Waals surface area (Å²) < 4.78 is 50.9. The molecule has 1 heterocycles. The predicted octanol–water partition coefficient (Wildman–Crippen LogP) is 1.65. The summed E-state index contributed by atoms with van der Waals surface area (Å²) in [6, 6.07) is 2.83. The molecule has 2 rings (SSSR count). The Labute approximate surface area is 170 Å². The summed E-state index contributed by atoms with van der Waals surface area (Å²) in [6.07, 6.45) is 0. The summed E-state index contributed by atoms with van der Waals surface area (Å²) in [6.45, 7) is 7.55. The van der Waals surface area contributed by atoms with Gasteiger partial charge in [-0.25, -0.2) is 17.6 Å². The topological polar surface area (TPSA) is 93.2 Å². The number of esters is 1. The lowest BCUT2D eigenvalue weighted by Gasteiger charge is -2.30. The van der Waals surface area contributed by atoms with Crippen molar-refractivity contribution in [3.63, 3.8) is 0 Å². The van der Waals surface area contributed by atoms with E-state index >= 15 is 0 Å². The first kappa shape index (κ1) is 23.2. The highest BCUT2D eigenvalue weighted by Crippen LogP contribution is 2.22. The van der Waals surface area contributed by atoms with E-state index in [2.05, 4.69) is 0 Å². The van der Waals surface area contributed by atoms with Crippen LogP contribution in [0, 0.1) is 5.82 Å². The minimum Gasteiger partial charge on any atom is -0.452 e. The molecule has 8 nitrogen and oxygen atoms in total. The van der Waals surface area contributed by atoms with Crippen LogP contribution in [0.25, 0.3) is 0 Å². The number of rotatable bonds is 7. The maximum Gasteiger partial charge on any atom is 0.338 e. The highest BCUT2D eigenvalue weighted by molar-refractivity contribution is 7.89. The quantitative estimate of drug-likeness (QED) is 0.611. The first-order valence-electron chi connectivity index (χ1n) is 9.41. The average molecular weight is 430 g/mol. The normalized spacial score (nSPS) is 15.6. The number of hydrogen-bond donors (Lipinski definition) is 0. The van der Waals surface area contributed by atoms with Crippen molar-refractivity contribution in [1.82, 2.24) is 9.21 Å². The molecule has 0 spiro atoms. The van der Waals surface area contributed by atoms with Gasteiger partial charge in [0.25, 0.3) is 5.91 Å². The Morgan fingerprint density at radius 2 is 1.76 bits per heavy atom. The molecule has 0 aromatic heterocycles. The summed E-state index contributed by atoms with van der Waals surface area (Å²) >= 11 is 0. The van der Waals surface area contributed by atoms with E-state index in [-0.39, 0.29) is 49.9 Å². The van der Waals surface area contributed by atoms with E-state index in [1.165, 1.54) is 0 Å². The summed E-state index contributed by atoms with van der Waals surface area (Å²) in [5, 5.41) is 0. The van der Waals surface area contributed by atoms with Gasteiger partial charge in [0.05, 0.1) is 18.8 Å². The molecule has 29 heavy (non-hydrogen) atoms. The molecule has 162 valence electrons. The molecule has 0 saturated carbocycles. The number of ether oxygens (including phenoxy) is 2. The molecule has 1 aliphatic heterocycles. The zero-order chi connectivity index (χ0) is 21.8. The van der Waals surface area contributed by atoms with Crippen LogP contribution in [0.4, 0.5) is 4.39 Å². The van der Waals surface area contributed by atoms with Gasteiger partial charge in [-0.15, -0.1) is 0 Å². The molecule has 1 amide bonds. The lowest BCUT2D eigenvalue weighted by molar-refractivity contribution is -0.138. The van der Waals surface area contributed by atoms with E-state index < -0.39 is 33.3 Å². The number of halogens is 1. The summed E-state index contributed by atoms with van der Waals surface area (Å²) in [5.41, 5.74) is -0.147. The first-order valence-corrected chi connectivity index (χ1v) is 10.9. The van der Waals surface area contributed by atoms with Crippen LogP contribution in [0.15, 0.2) is 23.1 Å². The summed E-state index contributed by atoms with van der Waals surface area (Å²) in [4.78, 5) is 25.6. The Balaban J connectivity index is 2.16. The maximum absolute atomic E-state index is 14.2. The third-order valence-corrected chi connectivity index (χ3v) is 6.40.